The maximum atomic E-state index is 12.6. The summed E-state index contributed by atoms with van der Waals surface area (Å²) in [5.41, 5.74) is 1.57. The van der Waals surface area contributed by atoms with E-state index in [0.29, 0.717) is 23.8 Å². The SMILES string of the molecule is CN=C(NCCc1csc(C)n1)NCc1cc(OC)ccc1OC(F)F.I. The highest BCUT2D eigenvalue weighted by Crippen LogP contribution is 2.25. The molecule has 0 aliphatic carbocycles. The summed E-state index contributed by atoms with van der Waals surface area (Å²) in [6, 6.07) is 4.68. The molecule has 0 unspecified atom stereocenters. The summed E-state index contributed by atoms with van der Waals surface area (Å²) in [5.74, 6) is 1.22. The number of rotatable bonds is 8. The predicted molar refractivity (Wildman–Crippen MR) is 114 cm³/mol. The van der Waals surface area contributed by atoms with Gasteiger partial charge >= 0.3 is 6.61 Å². The quantitative estimate of drug-likeness (QED) is 0.322. The minimum absolute atomic E-state index is 0. The molecular weight excluding hydrogens is 489 g/mol. The summed E-state index contributed by atoms with van der Waals surface area (Å²) in [6.45, 7) is -0.00751. The molecule has 2 rings (SSSR count). The van der Waals surface area contributed by atoms with Crippen molar-refractivity contribution in [1.82, 2.24) is 15.6 Å². The lowest BCUT2D eigenvalue weighted by Gasteiger charge is -2.15. The van der Waals surface area contributed by atoms with E-state index in [1.807, 2.05) is 12.3 Å². The Morgan fingerprint density at radius 1 is 1.33 bits per heavy atom. The van der Waals surface area contributed by atoms with Crippen LogP contribution in [0.3, 0.4) is 0 Å². The van der Waals surface area contributed by atoms with Crippen LogP contribution in [0.25, 0.3) is 0 Å². The average Bonchev–Trinajstić information content (AvgIpc) is 3.03. The van der Waals surface area contributed by atoms with Gasteiger partial charge < -0.3 is 20.1 Å². The minimum atomic E-state index is -2.89. The third-order valence-corrected chi connectivity index (χ3v) is 4.32. The van der Waals surface area contributed by atoms with Crippen LogP contribution in [0.4, 0.5) is 8.78 Å². The van der Waals surface area contributed by atoms with Gasteiger partial charge in [-0.2, -0.15) is 8.78 Å². The molecule has 0 atom stereocenters. The van der Waals surface area contributed by atoms with Gasteiger partial charge in [-0.1, -0.05) is 0 Å². The molecule has 27 heavy (non-hydrogen) atoms. The van der Waals surface area contributed by atoms with Crippen LogP contribution in [0.5, 0.6) is 11.5 Å². The number of alkyl halides is 2. The van der Waals surface area contributed by atoms with E-state index < -0.39 is 6.61 Å². The molecule has 1 heterocycles. The Morgan fingerprint density at radius 3 is 2.70 bits per heavy atom. The number of ether oxygens (including phenoxy) is 2. The Labute approximate surface area is 178 Å². The van der Waals surface area contributed by atoms with Gasteiger partial charge in [-0.25, -0.2) is 4.98 Å². The first kappa shape index (κ1) is 23.3. The van der Waals surface area contributed by atoms with Gasteiger partial charge in [0.2, 0.25) is 0 Å². The number of hydrogen-bond donors (Lipinski definition) is 2. The summed E-state index contributed by atoms with van der Waals surface area (Å²) < 4.78 is 34.8. The fourth-order valence-electron chi connectivity index (χ4n) is 2.26. The highest BCUT2D eigenvalue weighted by Gasteiger charge is 2.11. The highest BCUT2D eigenvalue weighted by atomic mass is 127. The first-order valence-corrected chi connectivity index (χ1v) is 8.87. The summed E-state index contributed by atoms with van der Waals surface area (Å²) in [6.07, 6.45) is 0.768. The van der Waals surface area contributed by atoms with Gasteiger partial charge in [0.1, 0.15) is 11.5 Å². The number of nitrogens with one attached hydrogen (secondary N) is 2. The van der Waals surface area contributed by atoms with Crippen LogP contribution in [0.1, 0.15) is 16.3 Å². The fourth-order valence-corrected chi connectivity index (χ4v) is 2.91. The smallest absolute Gasteiger partial charge is 0.387 e. The summed E-state index contributed by atoms with van der Waals surface area (Å²) in [7, 11) is 3.16. The van der Waals surface area contributed by atoms with Crippen molar-refractivity contribution in [1.29, 1.82) is 0 Å². The van der Waals surface area contributed by atoms with E-state index in [4.69, 9.17) is 4.74 Å². The topological polar surface area (TPSA) is 67.8 Å². The molecule has 0 spiro atoms. The molecule has 2 aromatic rings. The Bertz CT molecular complexity index is 743. The Morgan fingerprint density at radius 2 is 2.11 bits per heavy atom. The zero-order chi connectivity index (χ0) is 18.9. The van der Waals surface area contributed by atoms with E-state index in [-0.39, 0.29) is 36.3 Å². The van der Waals surface area contributed by atoms with Gasteiger partial charge in [0.05, 0.1) is 17.8 Å². The summed E-state index contributed by atoms with van der Waals surface area (Å²) >= 11 is 1.61. The number of guanidine groups is 1. The molecule has 10 heteroatoms. The molecule has 0 amide bonds. The maximum Gasteiger partial charge on any atom is 0.387 e. The lowest BCUT2D eigenvalue weighted by Crippen LogP contribution is -2.38. The number of aryl methyl sites for hydroxylation is 1. The third-order valence-electron chi connectivity index (χ3n) is 3.49. The zero-order valence-corrected chi connectivity index (χ0v) is 18.4. The monoisotopic (exact) mass is 512 g/mol. The molecule has 0 aliphatic rings. The van der Waals surface area contributed by atoms with Crippen LogP contribution < -0.4 is 20.1 Å². The largest absolute Gasteiger partial charge is 0.497 e. The number of hydrogen-bond acceptors (Lipinski definition) is 5. The van der Waals surface area contributed by atoms with Crippen molar-refractivity contribution in [3.05, 3.63) is 39.8 Å². The molecule has 2 N–H and O–H groups in total. The van der Waals surface area contributed by atoms with Crippen molar-refractivity contribution in [2.75, 3.05) is 20.7 Å². The second-order valence-electron chi connectivity index (χ2n) is 5.31. The lowest BCUT2D eigenvalue weighted by atomic mass is 10.2. The summed E-state index contributed by atoms with van der Waals surface area (Å²) in [5, 5.41) is 9.31. The second-order valence-corrected chi connectivity index (χ2v) is 6.37. The van der Waals surface area contributed by atoms with Crippen molar-refractivity contribution in [3.8, 4) is 11.5 Å². The molecule has 0 saturated carbocycles. The lowest BCUT2D eigenvalue weighted by molar-refractivity contribution is -0.0504. The molecule has 0 bridgehead atoms. The van der Waals surface area contributed by atoms with Crippen molar-refractivity contribution in [2.24, 2.45) is 4.99 Å². The van der Waals surface area contributed by atoms with E-state index in [1.54, 1.807) is 30.5 Å². The number of nitrogens with zero attached hydrogens (tertiary/aromatic N) is 2. The van der Waals surface area contributed by atoms with Crippen LogP contribution >= 0.6 is 35.3 Å². The van der Waals surface area contributed by atoms with E-state index in [0.717, 1.165) is 17.1 Å². The molecule has 0 fully saturated rings. The van der Waals surface area contributed by atoms with Crippen molar-refractivity contribution in [3.63, 3.8) is 0 Å². The molecule has 6 nitrogen and oxygen atoms in total. The Balaban J connectivity index is 0.00000364. The zero-order valence-electron chi connectivity index (χ0n) is 15.3. The van der Waals surface area contributed by atoms with Crippen molar-refractivity contribution >= 4 is 41.3 Å². The van der Waals surface area contributed by atoms with Crippen LogP contribution in [-0.2, 0) is 13.0 Å². The second kappa shape index (κ2) is 11.9. The molecular formula is C17H23F2IN4O2S. The maximum absolute atomic E-state index is 12.6. The average molecular weight is 512 g/mol. The van der Waals surface area contributed by atoms with Gasteiger partial charge in [0.15, 0.2) is 5.96 Å². The number of benzene rings is 1. The molecule has 0 saturated heterocycles. The normalized spacial score (nSPS) is 11.1. The van der Waals surface area contributed by atoms with Crippen LogP contribution in [0.2, 0.25) is 0 Å². The number of aliphatic imine (C=N–C) groups is 1. The Hall–Kier alpha value is -1.69. The Kier molecular flexibility index (Phi) is 10.3. The van der Waals surface area contributed by atoms with Crippen LogP contribution in [0, 0.1) is 6.92 Å². The van der Waals surface area contributed by atoms with Crippen molar-refractivity contribution < 1.29 is 18.3 Å². The highest BCUT2D eigenvalue weighted by molar-refractivity contribution is 14.0. The van der Waals surface area contributed by atoms with Gasteiger partial charge in [0, 0.05) is 37.5 Å². The molecule has 0 radical (unpaired) electrons. The standard InChI is InChI=1S/C17H22F2N4O2S.HI/c1-11-23-13(10-26-11)6-7-21-17(20-2)22-9-12-8-14(24-3)4-5-15(12)25-16(18)19;/h4-5,8,10,16H,6-7,9H2,1-3H3,(H2,20,21,22);1H. The molecule has 1 aromatic carbocycles. The van der Waals surface area contributed by atoms with Gasteiger partial charge in [-0.3, -0.25) is 4.99 Å². The van der Waals surface area contributed by atoms with Crippen LogP contribution in [-0.4, -0.2) is 38.3 Å². The van der Waals surface area contributed by atoms with Gasteiger partial charge in [-0.15, -0.1) is 35.3 Å². The minimum Gasteiger partial charge on any atom is -0.497 e. The van der Waals surface area contributed by atoms with E-state index in [1.165, 1.54) is 13.2 Å². The molecule has 0 aliphatic heterocycles. The summed E-state index contributed by atoms with van der Waals surface area (Å²) in [4.78, 5) is 8.53. The number of aromatic nitrogens is 1. The molecule has 150 valence electrons. The molecule has 1 aromatic heterocycles. The number of halogens is 3. The van der Waals surface area contributed by atoms with E-state index in [2.05, 4.69) is 25.3 Å². The van der Waals surface area contributed by atoms with Crippen molar-refractivity contribution in [2.45, 2.75) is 26.5 Å². The first-order valence-electron chi connectivity index (χ1n) is 7.99. The number of thiazole rings is 1. The van der Waals surface area contributed by atoms with E-state index >= 15 is 0 Å². The van der Waals surface area contributed by atoms with Crippen LogP contribution in [0.15, 0.2) is 28.6 Å². The third kappa shape index (κ3) is 7.83. The predicted octanol–water partition coefficient (Wildman–Crippen LogP) is 3.59. The number of methoxy groups -OCH3 is 1. The van der Waals surface area contributed by atoms with E-state index in [9.17, 15) is 8.78 Å². The fraction of sp³-hybridized carbons (Fsp3) is 0.412. The first-order chi connectivity index (χ1) is 12.5. The van der Waals surface area contributed by atoms with Gasteiger partial charge in [0.25, 0.3) is 0 Å². The van der Waals surface area contributed by atoms with Gasteiger partial charge in [-0.05, 0) is 25.1 Å².